The molecule has 1 atom stereocenters. The van der Waals surface area contributed by atoms with Gasteiger partial charge in [-0.25, -0.2) is 0 Å². The van der Waals surface area contributed by atoms with Crippen molar-refractivity contribution in [3.63, 3.8) is 0 Å². The molecule has 0 bridgehead atoms. The summed E-state index contributed by atoms with van der Waals surface area (Å²) >= 11 is 0. The Hall–Kier alpha value is -1.26. The zero-order valence-corrected chi connectivity index (χ0v) is 13.8. The average Bonchev–Trinajstić information content (AvgIpc) is 2.53. The molecule has 4 nitrogen and oxygen atoms in total. The molecule has 1 rings (SSSR count). The lowest BCUT2D eigenvalue weighted by molar-refractivity contribution is 0.140. The van der Waals surface area contributed by atoms with Crippen LogP contribution in [0.4, 0.5) is 0 Å². The third-order valence-corrected chi connectivity index (χ3v) is 3.44. The Morgan fingerprint density at radius 2 is 1.95 bits per heavy atom. The first-order chi connectivity index (χ1) is 10.3. The van der Waals surface area contributed by atoms with Crippen molar-refractivity contribution in [2.45, 2.75) is 39.2 Å². The molecule has 0 radical (unpaired) electrons. The van der Waals surface area contributed by atoms with Gasteiger partial charge in [0.05, 0.1) is 14.2 Å². The van der Waals surface area contributed by atoms with Gasteiger partial charge in [-0.2, -0.15) is 0 Å². The van der Waals surface area contributed by atoms with Crippen LogP contribution in [0.3, 0.4) is 0 Å². The van der Waals surface area contributed by atoms with Gasteiger partial charge in [0.2, 0.25) is 0 Å². The number of methoxy groups -OCH3 is 2. The van der Waals surface area contributed by atoms with Gasteiger partial charge in [0, 0.05) is 30.9 Å². The van der Waals surface area contributed by atoms with E-state index < -0.39 is 0 Å². The van der Waals surface area contributed by atoms with E-state index in [4.69, 9.17) is 14.2 Å². The standard InChI is InChI=1S/C17H29NO3/c1-5-11-18-16(8-7-12-21-6-2)15-10-9-14(19-3)13-17(15)20-4/h9-10,13,16,18H,5-8,11-12H2,1-4H3. The number of hydrogen-bond donors (Lipinski definition) is 1. The topological polar surface area (TPSA) is 39.7 Å². The Bertz CT molecular complexity index is 396. The predicted octanol–water partition coefficient (Wildman–Crippen LogP) is 3.56. The first kappa shape index (κ1) is 17.8. The van der Waals surface area contributed by atoms with Crippen molar-refractivity contribution < 1.29 is 14.2 Å². The van der Waals surface area contributed by atoms with Crippen molar-refractivity contribution >= 4 is 0 Å². The van der Waals surface area contributed by atoms with Gasteiger partial charge in [0.1, 0.15) is 11.5 Å². The SMILES string of the molecule is CCCNC(CCCOCC)c1ccc(OC)cc1OC. The summed E-state index contributed by atoms with van der Waals surface area (Å²) in [6.45, 7) is 6.78. The van der Waals surface area contributed by atoms with Crippen LogP contribution in [-0.2, 0) is 4.74 Å². The quantitative estimate of drug-likeness (QED) is 0.634. The molecule has 120 valence electrons. The minimum absolute atomic E-state index is 0.284. The molecule has 21 heavy (non-hydrogen) atoms. The summed E-state index contributed by atoms with van der Waals surface area (Å²) < 4.78 is 16.2. The third kappa shape index (κ3) is 5.94. The molecular formula is C17H29NO3. The maximum atomic E-state index is 5.52. The van der Waals surface area contributed by atoms with Crippen LogP contribution in [0.15, 0.2) is 18.2 Å². The largest absolute Gasteiger partial charge is 0.497 e. The second kappa shape index (κ2) is 10.5. The molecule has 4 heteroatoms. The van der Waals surface area contributed by atoms with Gasteiger partial charge >= 0.3 is 0 Å². The van der Waals surface area contributed by atoms with Crippen LogP contribution in [0.5, 0.6) is 11.5 Å². The predicted molar refractivity (Wildman–Crippen MR) is 86.3 cm³/mol. The van der Waals surface area contributed by atoms with Gasteiger partial charge in [0.15, 0.2) is 0 Å². The van der Waals surface area contributed by atoms with E-state index >= 15 is 0 Å². The van der Waals surface area contributed by atoms with Crippen molar-refractivity contribution in [3.05, 3.63) is 23.8 Å². The van der Waals surface area contributed by atoms with Crippen molar-refractivity contribution in [1.82, 2.24) is 5.32 Å². The molecule has 0 spiro atoms. The summed E-state index contributed by atoms with van der Waals surface area (Å²) in [6.07, 6.45) is 3.17. The van der Waals surface area contributed by atoms with Crippen LogP contribution in [0.2, 0.25) is 0 Å². The summed E-state index contributed by atoms with van der Waals surface area (Å²) in [5.41, 5.74) is 1.18. The smallest absolute Gasteiger partial charge is 0.127 e. The highest BCUT2D eigenvalue weighted by molar-refractivity contribution is 5.42. The molecular weight excluding hydrogens is 266 g/mol. The molecule has 1 aromatic carbocycles. The van der Waals surface area contributed by atoms with Gasteiger partial charge in [-0.1, -0.05) is 13.0 Å². The second-order valence-corrected chi connectivity index (χ2v) is 4.95. The van der Waals surface area contributed by atoms with Crippen molar-refractivity contribution in [1.29, 1.82) is 0 Å². The Morgan fingerprint density at radius 3 is 2.57 bits per heavy atom. The van der Waals surface area contributed by atoms with E-state index in [1.54, 1.807) is 14.2 Å². The molecule has 0 saturated heterocycles. The maximum Gasteiger partial charge on any atom is 0.127 e. The molecule has 0 heterocycles. The van der Waals surface area contributed by atoms with Crippen LogP contribution >= 0.6 is 0 Å². The van der Waals surface area contributed by atoms with Crippen molar-refractivity contribution in [2.75, 3.05) is 34.0 Å². The van der Waals surface area contributed by atoms with E-state index in [0.29, 0.717) is 0 Å². The monoisotopic (exact) mass is 295 g/mol. The van der Waals surface area contributed by atoms with E-state index in [9.17, 15) is 0 Å². The van der Waals surface area contributed by atoms with Gasteiger partial charge in [-0.15, -0.1) is 0 Å². The summed E-state index contributed by atoms with van der Waals surface area (Å²) in [5.74, 6) is 1.69. The molecule has 1 N–H and O–H groups in total. The highest BCUT2D eigenvalue weighted by atomic mass is 16.5. The zero-order valence-electron chi connectivity index (χ0n) is 13.8. The average molecular weight is 295 g/mol. The van der Waals surface area contributed by atoms with E-state index in [2.05, 4.69) is 18.3 Å². The number of ether oxygens (including phenoxy) is 3. The van der Waals surface area contributed by atoms with Crippen molar-refractivity contribution in [2.24, 2.45) is 0 Å². The minimum Gasteiger partial charge on any atom is -0.497 e. The maximum absolute atomic E-state index is 5.52. The van der Waals surface area contributed by atoms with Crippen LogP contribution in [-0.4, -0.2) is 34.0 Å². The minimum atomic E-state index is 0.284. The lowest BCUT2D eigenvalue weighted by atomic mass is 10.0. The normalized spacial score (nSPS) is 12.2. The molecule has 0 aliphatic heterocycles. The molecule has 0 amide bonds. The Kier molecular flexibility index (Phi) is 8.87. The first-order valence-corrected chi connectivity index (χ1v) is 7.79. The number of hydrogen-bond acceptors (Lipinski definition) is 4. The Labute approximate surface area is 128 Å². The van der Waals surface area contributed by atoms with E-state index in [-0.39, 0.29) is 6.04 Å². The zero-order chi connectivity index (χ0) is 15.5. The van der Waals surface area contributed by atoms with Gasteiger partial charge < -0.3 is 19.5 Å². The molecule has 0 fully saturated rings. The summed E-state index contributed by atoms with van der Waals surface area (Å²) in [6, 6.07) is 6.30. The fraction of sp³-hybridized carbons (Fsp3) is 0.647. The fourth-order valence-electron chi connectivity index (χ4n) is 2.33. The van der Waals surface area contributed by atoms with Gasteiger partial charge in [0.25, 0.3) is 0 Å². The van der Waals surface area contributed by atoms with Gasteiger partial charge in [-0.05, 0) is 38.8 Å². The summed E-state index contributed by atoms with van der Waals surface area (Å²) in [4.78, 5) is 0. The molecule has 0 aliphatic rings. The Balaban J connectivity index is 2.80. The van der Waals surface area contributed by atoms with Crippen LogP contribution in [0.25, 0.3) is 0 Å². The highest BCUT2D eigenvalue weighted by Crippen LogP contribution is 2.31. The van der Waals surface area contributed by atoms with Crippen molar-refractivity contribution in [3.8, 4) is 11.5 Å². The summed E-state index contributed by atoms with van der Waals surface area (Å²) in [7, 11) is 3.37. The molecule has 1 aromatic rings. The number of rotatable bonds is 11. The highest BCUT2D eigenvalue weighted by Gasteiger charge is 2.16. The Morgan fingerprint density at radius 1 is 1.14 bits per heavy atom. The molecule has 0 aromatic heterocycles. The number of nitrogens with one attached hydrogen (secondary N) is 1. The van der Waals surface area contributed by atoms with E-state index in [1.807, 2.05) is 19.1 Å². The molecule has 0 saturated carbocycles. The van der Waals surface area contributed by atoms with Crippen LogP contribution in [0.1, 0.15) is 44.7 Å². The second-order valence-electron chi connectivity index (χ2n) is 4.95. The lowest BCUT2D eigenvalue weighted by Gasteiger charge is -2.21. The number of benzene rings is 1. The lowest BCUT2D eigenvalue weighted by Crippen LogP contribution is -2.23. The van der Waals surface area contributed by atoms with Crippen LogP contribution < -0.4 is 14.8 Å². The molecule has 0 aliphatic carbocycles. The summed E-state index contributed by atoms with van der Waals surface area (Å²) in [5, 5.41) is 3.60. The third-order valence-electron chi connectivity index (χ3n) is 3.44. The van der Waals surface area contributed by atoms with Crippen LogP contribution in [0, 0.1) is 0 Å². The van der Waals surface area contributed by atoms with E-state index in [0.717, 1.165) is 50.5 Å². The first-order valence-electron chi connectivity index (χ1n) is 7.79. The van der Waals surface area contributed by atoms with Gasteiger partial charge in [-0.3, -0.25) is 0 Å². The fourth-order valence-corrected chi connectivity index (χ4v) is 2.33. The molecule has 1 unspecified atom stereocenters. The van der Waals surface area contributed by atoms with E-state index in [1.165, 1.54) is 5.56 Å².